The van der Waals surface area contributed by atoms with Crippen LogP contribution in [0.2, 0.25) is 0 Å². The van der Waals surface area contributed by atoms with Gasteiger partial charge in [-0.2, -0.15) is 0 Å². The third-order valence-corrected chi connectivity index (χ3v) is 13.0. The number of rotatable bonds is 3. The number of para-hydroxylation sites is 2. The van der Waals surface area contributed by atoms with Crippen molar-refractivity contribution < 1.29 is 4.42 Å². The highest BCUT2D eigenvalue weighted by Crippen LogP contribution is 2.63. The molecule has 12 aromatic rings. The van der Waals surface area contributed by atoms with Crippen molar-refractivity contribution in [1.29, 1.82) is 0 Å². The van der Waals surface area contributed by atoms with E-state index in [1.165, 1.54) is 38.9 Å². The van der Waals surface area contributed by atoms with E-state index in [9.17, 15) is 0 Å². The number of aromatic nitrogens is 5. The van der Waals surface area contributed by atoms with Gasteiger partial charge >= 0.3 is 0 Å². The van der Waals surface area contributed by atoms with Gasteiger partial charge in [0.1, 0.15) is 16.7 Å². The van der Waals surface area contributed by atoms with Gasteiger partial charge in [-0.1, -0.05) is 158 Å². The van der Waals surface area contributed by atoms with E-state index in [1.807, 2.05) is 30.3 Å². The van der Waals surface area contributed by atoms with Crippen LogP contribution >= 0.6 is 0 Å². The standard InChI is InChI=1S/C55H31N5O/c1-2-15-32(16-3-1)51-57-52(33-29-30-47-40(31-33)49-50(61-47)36-19-4-5-20-37(36)54-56-45-27-12-13-28-46(45)60(49)54)59-53(58-51)39-22-14-26-44-48(39)38-21-8-11-25-43(38)55(44)41-23-9-6-17-34(41)35-18-7-10-24-42(35)55/h1-31H. The van der Waals surface area contributed by atoms with Crippen molar-refractivity contribution in [3.63, 3.8) is 0 Å². The fourth-order valence-corrected chi connectivity index (χ4v) is 10.6. The molecule has 0 bridgehead atoms. The highest BCUT2D eigenvalue weighted by molar-refractivity contribution is 6.19. The zero-order valence-electron chi connectivity index (χ0n) is 32.5. The summed E-state index contributed by atoms with van der Waals surface area (Å²) < 4.78 is 8.99. The Morgan fingerprint density at radius 3 is 1.79 bits per heavy atom. The van der Waals surface area contributed by atoms with Crippen LogP contribution in [-0.4, -0.2) is 24.3 Å². The summed E-state index contributed by atoms with van der Waals surface area (Å²) in [4.78, 5) is 21.1. The molecule has 0 unspecified atom stereocenters. The molecule has 14 rings (SSSR count). The molecule has 0 amide bonds. The van der Waals surface area contributed by atoms with Crippen LogP contribution in [0.4, 0.5) is 0 Å². The van der Waals surface area contributed by atoms with Gasteiger partial charge in [-0.3, -0.25) is 4.40 Å². The number of pyridine rings is 1. The number of benzene rings is 8. The Morgan fingerprint density at radius 2 is 1.00 bits per heavy atom. The molecule has 4 heterocycles. The minimum atomic E-state index is -0.479. The second-order valence-corrected chi connectivity index (χ2v) is 16.1. The first kappa shape index (κ1) is 32.7. The van der Waals surface area contributed by atoms with Crippen LogP contribution in [0.25, 0.3) is 106 Å². The van der Waals surface area contributed by atoms with E-state index < -0.39 is 5.41 Å². The topological polar surface area (TPSA) is 69.1 Å². The van der Waals surface area contributed by atoms with Gasteiger partial charge in [0.15, 0.2) is 23.1 Å². The minimum absolute atomic E-state index is 0.479. The molecule has 0 saturated carbocycles. The molecule has 0 fully saturated rings. The maximum atomic E-state index is 6.75. The minimum Gasteiger partial charge on any atom is -0.454 e. The van der Waals surface area contributed by atoms with Crippen LogP contribution in [0.5, 0.6) is 0 Å². The van der Waals surface area contributed by atoms with Crippen LogP contribution in [0.1, 0.15) is 22.3 Å². The van der Waals surface area contributed by atoms with Crippen molar-refractivity contribution >= 4 is 49.5 Å². The molecule has 0 radical (unpaired) electrons. The van der Waals surface area contributed by atoms with Gasteiger partial charge in [-0.05, 0) is 74.8 Å². The lowest BCUT2D eigenvalue weighted by atomic mass is 9.70. The average Bonchev–Trinajstić information content (AvgIpc) is 4.07. The van der Waals surface area contributed by atoms with E-state index in [2.05, 4.69) is 162 Å². The predicted molar refractivity (Wildman–Crippen MR) is 243 cm³/mol. The van der Waals surface area contributed by atoms with Crippen molar-refractivity contribution in [2.45, 2.75) is 5.41 Å². The van der Waals surface area contributed by atoms with Crippen molar-refractivity contribution in [3.8, 4) is 56.4 Å². The average molecular weight is 778 g/mol. The molecular weight excluding hydrogens is 747 g/mol. The lowest BCUT2D eigenvalue weighted by Gasteiger charge is -2.30. The Hall–Kier alpha value is -8.22. The molecule has 0 aliphatic heterocycles. The molecular formula is C55H31N5O. The van der Waals surface area contributed by atoms with Gasteiger partial charge in [0.2, 0.25) is 0 Å². The third-order valence-electron chi connectivity index (χ3n) is 13.0. The quantitative estimate of drug-likeness (QED) is 0.179. The van der Waals surface area contributed by atoms with Gasteiger partial charge < -0.3 is 4.42 Å². The zero-order chi connectivity index (χ0) is 39.8. The normalized spacial score (nSPS) is 13.4. The van der Waals surface area contributed by atoms with E-state index in [1.54, 1.807) is 0 Å². The predicted octanol–water partition coefficient (Wildman–Crippen LogP) is 13.1. The Balaban J connectivity index is 1.04. The maximum Gasteiger partial charge on any atom is 0.164 e. The summed E-state index contributed by atoms with van der Waals surface area (Å²) in [6.45, 7) is 0. The van der Waals surface area contributed by atoms with Gasteiger partial charge in [0.25, 0.3) is 0 Å². The van der Waals surface area contributed by atoms with Crippen molar-refractivity contribution in [1.82, 2.24) is 24.3 Å². The summed E-state index contributed by atoms with van der Waals surface area (Å²) in [5.41, 5.74) is 17.7. The fourth-order valence-electron chi connectivity index (χ4n) is 10.6. The fraction of sp³-hybridized carbons (Fsp3) is 0.0182. The molecule has 0 N–H and O–H groups in total. The highest BCUT2D eigenvalue weighted by Gasteiger charge is 2.52. The van der Waals surface area contributed by atoms with Crippen LogP contribution in [-0.2, 0) is 5.41 Å². The number of hydrogen-bond donors (Lipinski definition) is 0. The molecule has 4 aromatic heterocycles. The molecule has 0 atom stereocenters. The summed E-state index contributed by atoms with van der Waals surface area (Å²) in [6.07, 6.45) is 0. The monoisotopic (exact) mass is 777 g/mol. The number of hydrogen-bond acceptors (Lipinski definition) is 5. The molecule has 6 nitrogen and oxygen atoms in total. The lowest BCUT2D eigenvalue weighted by Crippen LogP contribution is -2.25. The van der Waals surface area contributed by atoms with E-state index in [4.69, 9.17) is 24.4 Å². The van der Waals surface area contributed by atoms with Crippen LogP contribution in [0.15, 0.2) is 192 Å². The molecule has 61 heavy (non-hydrogen) atoms. The number of furan rings is 1. The maximum absolute atomic E-state index is 6.75. The van der Waals surface area contributed by atoms with E-state index in [-0.39, 0.29) is 0 Å². The van der Waals surface area contributed by atoms with Crippen LogP contribution in [0, 0.1) is 0 Å². The first-order valence-corrected chi connectivity index (χ1v) is 20.6. The number of fused-ring (bicyclic) bond motifs is 20. The summed E-state index contributed by atoms with van der Waals surface area (Å²) in [7, 11) is 0. The van der Waals surface area contributed by atoms with Crippen LogP contribution in [0.3, 0.4) is 0 Å². The molecule has 8 aromatic carbocycles. The van der Waals surface area contributed by atoms with Gasteiger partial charge in [-0.15, -0.1) is 0 Å². The molecule has 2 aliphatic rings. The molecule has 2 aliphatic carbocycles. The van der Waals surface area contributed by atoms with Gasteiger partial charge in [0, 0.05) is 32.8 Å². The summed E-state index contributed by atoms with van der Waals surface area (Å²) in [6, 6.07) is 66.5. The Bertz CT molecular complexity index is 3800. The van der Waals surface area contributed by atoms with E-state index >= 15 is 0 Å². The number of imidazole rings is 1. The Kier molecular flexibility index (Phi) is 6.40. The van der Waals surface area contributed by atoms with Gasteiger partial charge in [-0.25, -0.2) is 19.9 Å². The summed E-state index contributed by atoms with van der Waals surface area (Å²) >= 11 is 0. The smallest absolute Gasteiger partial charge is 0.164 e. The molecule has 1 spiro atoms. The summed E-state index contributed by atoms with van der Waals surface area (Å²) in [5.74, 6) is 1.82. The second kappa shape index (κ2) is 11.9. The van der Waals surface area contributed by atoms with Crippen molar-refractivity contribution in [2.75, 3.05) is 0 Å². The van der Waals surface area contributed by atoms with Crippen molar-refractivity contribution in [3.05, 3.63) is 210 Å². The zero-order valence-corrected chi connectivity index (χ0v) is 32.5. The first-order valence-electron chi connectivity index (χ1n) is 20.6. The molecule has 0 saturated heterocycles. The lowest BCUT2D eigenvalue weighted by molar-refractivity contribution is 0.672. The van der Waals surface area contributed by atoms with Crippen LogP contribution < -0.4 is 0 Å². The van der Waals surface area contributed by atoms with E-state index in [0.717, 1.165) is 71.8 Å². The third kappa shape index (κ3) is 4.25. The molecule has 6 heteroatoms. The summed E-state index contributed by atoms with van der Waals surface area (Å²) in [5, 5.41) is 3.03. The second-order valence-electron chi connectivity index (χ2n) is 16.1. The number of nitrogens with zero attached hydrogens (tertiary/aromatic N) is 5. The Morgan fingerprint density at radius 1 is 0.410 bits per heavy atom. The van der Waals surface area contributed by atoms with Crippen molar-refractivity contribution in [2.24, 2.45) is 0 Å². The first-order chi connectivity index (χ1) is 30.3. The van der Waals surface area contributed by atoms with E-state index in [0.29, 0.717) is 17.5 Å². The molecule has 282 valence electrons. The Labute approximate surface area is 349 Å². The highest BCUT2D eigenvalue weighted by atomic mass is 16.3. The SMILES string of the molecule is c1ccc(-c2nc(-c3ccc4oc5c6ccccc6c6nc7ccccc7n6c5c4c3)nc(-c3cccc4c3-c3ccccc3C43c4ccccc4-c4ccccc43)n2)cc1. The van der Waals surface area contributed by atoms with Gasteiger partial charge in [0.05, 0.1) is 16.4 Å². The largest absolute Gasteiger partial charge is 0.454 e.